The Morgan fingerprint density at radius 3 is 2.83 bits per heavy atom. The molecule has 6 heteroatoms. The molecule has 0 unspecified atom stereocenters. The van der Waals surface area contributed by atoms with Crippen molar-refractivity contribution in [2.75, 3.05) is 39.4 Å². The molecule has 1 fully saturated rings. The summed E-state index contributed by atoms with van der Waals surface area (Å²) >= 11 is 0. The third-order valence-corrected chi connectivity index (χ3v) is 4.74. The third kappa shape index (κ3) is 3.39. The first kappa shape index (κ1) is 16.8. The molecule has 2 aromatic rings. The Morgan fingerprint density at radius 2 is 2.08 bits per heavy atom. The van der Waals surface area contributed by atoms with Crippen molar-refractivity contribution in [1.29, 1.82) is 0 Å². The van der Waals surface area contributed by atoms with Gasteiger partial charge in [0.15, 0.2) is 0 Å². The lowest BCUT2D eigenvalue weighted by Gasteiger charge is -2.26. The van der Waals surface area contributed by atoms with Crippen molar-refractivity contribution in [3.05, 3.63) is 29.5 Å². The van der Waals surface area contributed by atoms with Crippen LogP contribution in [-0.2, 0) is 11.8 Å². The second-order valence-electron chi connectivity index (χ2n) is 6.28. The number of aromatic hydroxyl groups is 1. The fraction of sp³-hybridized carbons (Fsp3) is 0.500. The Morgan fingerprint density at radius 1 is 1.33 bits per heavy atom. The molecular formula is C18H25N3O3. The Balaban J connectivity index is 1.62. The number of ether oxygens (including phenoxy) is 1. The van der Waals surface area contributed by atoms with E-state index >= 15 is 0 Å². The van der Waals surface area contributed by atoms with Crippen molar-refractivity contribution >= 4 is 16.8 Å². The Labute approximate surface area is 142 Å². The van der Waals surface area contributed by atoms with E-state index < -0.39 is 0 Å². The lowest BCUT2D eigenvalue weighted by molar-refractivity contribution is 0.0374. The number of nitrogens with zero attached hydrogens (tertiary/aromatic N) is 2. The van der Waals surface area contributed by atoms with E-state index in [0.29, 0.717) is 12.1 Å². The van der Waals surface area contributed by atoms with Crippen molar-refractivity contribution in [3.8, 4) is 5.75 Å². The number of nitrogens with one attached hydrogen (secondary N) is 1. The maximum atomic E-state index is 12.6. The minimum absolute atomic E-state index is 0.0502. The predicted octanol–water partition coefficient (Wildman–Crippen LogP) is 1.64. The van der Waals surface area contributed by atoms with Crippen molar-refractivity contribution < 1.29 is 14.6 Å². The molecule has 130 valence electrons. The summed E-state index contributed by atoms with van der Waals surface area (Å²) in [4.78, 5) is 15.0. The SMILES string of the molecule is Cc1c(C(=O)NCCCN2CCOCC2)c2ccc(O)cc2n1C. The highest BCUT2D eigenvalue weighted by Crippen LogP contribution is 2.27. The van der Waals surface area contributed by atoms with Crippen LogP contribution in [0.25, 0.3) is 10.9 Å². The molecule has 1 saturated heterocycles. The molecule has 1 aromatic carbocycles. The molecule has 24 heavy (non-hydrogen) atoms. The lowest BCUT2D eigenvalue weighted by Crippen LogP contribution is -2.38. The van der Waals surface area contributed by atoms with E-state index in [2.05, 4.69) is 10.2 Å². The second kappa shape index (κ2) is 7.23. The minimum atomic E-state index is -0.0502. The van der Waals surface area contributed by atoms with E-state index in [4.69, 9.17) is 4.74 Å². The topological polar surface area (TPSA) is 66.7 Å². The lowest BCUT2D eigenvalue weighted by atomic mass is 10.1. The first-order valence-electron chi connectivity index (χ1n) is 8.44. The number of phenolic OH excluding ortho intramolecular Hbond substituents is 1. The summed E-state index contributed by atoms with van der Waals surface area (Å²) in [5.74, 6) is 0.159. The average Bonchev–Trinajstić information content (AvgIpc) is 2.84. The zero-order valence-electron chi connectivity index (χ0n) is 14.3. The summed E-state index contributed by atoms with van der Waals surface area (Å²) in [7, 11) is 1.91. The number of aromatic nitrogens is 1. The maximum absolute atomic E-state index is 12.6. The molecule has 2 N–H and O–H groups in total. The fourth-order valence-corrected chi connectivity index (χ4v) is 3.26. The number of carbonyl (C=O) groups is 1. The van der Waals surface area contributed by atoms with Crippen LogP contribution in [-0.4, -0.2) is 59.9 Å². The van der Waals surface area contributed by atoms with Gasteiger partial charge in [0, 0.05) is 43.8 Å². The second-order valence-corrected chi connectivity index (χ2v) is 6.28. The summed E-state index contributed by atoms with van der Waals surface area (Å²) in [6.07, 6.45) is 0.927. The van der Waals surface area contributed by atoms with Crippen molar-refractivity contribution in [1.82, 2.24) is 14.8 Å². The van der Waals surface area contributed by atoms with E-state index in [1.165, 1.54) is 0 Å². The van der Waals surface area contributed by atoms with Crippen LogP contribution in [0.2, 0.25) is 0 Å². The van der Waals surface area contributed by atoms with Crippen LogP contribution >= 0.6 is 0 Å². The van der Waals surface area contributed by atoms with Crippen LogP contribution in [0.3, 0.4) is 0 Å². The zero-order chi connectivity index (χ0) is 17.1. The molecule has 6 nitrogen and oxygen atoms in total. The number of amides is 1. The van der Waals surface area contributed by atoms with Gasteiger partial charge in [-0.1, -0.05) is 0 Å². The number of hydrogen-bond donors (Lipinski definition) is 2. The Kier molecular flexibility index (Phi) is 5.06. The molecule has 1 amide bonds. The van der Waals surface area contributed by atoms with Crippen LogP contribution in [0, 0.1) is 6.92 Å². The van der Waals surface area contributed by atoms with E-state index in [1.807, 2.05) is 18.5 Å². The molecule has 0 atom stereocenters. The number of rotatable bonds is 5. The number of morpholine rings is 1. The molecule has 1 aromatic heterocycles. The average molecular weight is 331 g/mol. The third-order valence-electron chi connectivity index (χ3n) is 4.74. The van der Waals surface area contributed by atoms with Crippen LogP contribution < -0.4 is 5.32 Å². The highest BCUT2D eigenvalue weighted by atomic mass is 16.5. The minimum Gasteiger partial charge on any atom is -0.508 e. The van der Waals surface area contributed by atoms with Gasteiger partial charge in [0.2, 0.25) is 0 Å². The van der Waals surface area contributed by atoms with Gasteiger partial charge in [0.05, 0.1) is 24.3 Å². The van der Waals surface area contributed by atoms with Gasteiger partial charge < -0.3 is 19.7 Å². The standard InChI is InChI=1S/C18H25N3O3/c1-13-17(15-5-4-14(22)12-16(15)20(13)2)18(23)19-6-3-7-21-8-10-24-11-9-21/h4-5,12,22H,3,6-11H2,1-2H3,(H,19,23). The summed E-state index contributed by atoms with van der Waals surface area (Å²) < 4.78 is 7.28. The Bertz CT molecular complexity index is 733. The summed E-state index contributed by atoms with van der Waals surface area (Å²) in [5.41, 5.74) is 2.46. The van der Waals surface area contributed by atoms with Crippen molar-refractivity contribution in [3.63, 3.8) is 0 Å². The molecule has 0 aliphatic carbocycles. The highest BCUT2D eigenvalue weighted by molar-refractivity contribution is 6.08. The van der Waals surface area contributed by atoms with Gasteiger partial charge in [0.25, 0.3) is 5.91 Å². The van der Waals surface area contributed by atoms with Gasteiger partial charge in [-0.2, -0.15) is 0 Å². The van der Waals surface area contributed by atoms with Gasteiger partial charge in [-0.25, -0.2) is 0 Å². The summed E-state index contributed by atoms with van der Waals surface area (Å²) in [6.45, 7) is 7.11. The molecule has 1 aliphatic rings. The van der Waals surface area contributed by atoms with Gasteiger partial charge in [-0.15, -0.1) is 0 Å². The zero-order valence-corrected chi connectivity index (χ0v) is 14.3. The number of fused-ring (bicyclic) bond motifs is 1. The van der Waals surface area contributed by atoms with Crippen molar-refractivity contribution in [2.24, 2.45) is 7.05 Å². The monoisotopic (exact) mass is 331 g/mol. The molecule has 3 rings (SSSR count). The summed E-state index contributed by atoms with van der Waals surface area (Å²) in [6, 6.07) is 5.12. The Hall–Kier alpha value is -2.05. The fourth-order valence-electron chi connectivity index (χ4n) is 3.26. The molecule has 0 spiro atoms. The van der Waals surface area contributed by atoms with Gasteiger partial charge >= 0.3 is 0 Å². The molecule has 0 bridgehead atoms. The number of hydrogen-bond acceptors (Lipinski definition) is 4. The first-order chi connectivity index (χ1) is 11.6. The normalized spacial score (nSPS) is 15.8. The molecule has 0 radical (unpaired) electrons. The quantitative estimate of drug-likeness (QED) is 0.818. The molecule has 1 aliphatic heterocycles. The van der Waals surface area contributed by atoms with Crippen LogP contribution in [0.5, 0.6) is 5.75 Å². The number of benzene rings is 1. The van der Waals surface area contributed by atoms with Crippen LogP contribution in [0.1, 0.15) is 22.5 Å². The van der Waals surface area contributed by atoms with Gasteiger partial charge in [0.1, 0.15) is 5.75 Å². The van der Waals surface area contributed by atoms with Crippen molar-refractivity contribution in [2.45, 2.75) is 13.3 Å². The van der Waals surface area contributed by atoms with E-state index in [9.17, 15) is 9.90 Å². The molecular weight excluding hydrogens is 306 g/mol. The van der Waals surface area contributed by atoms with Gasteiger partial charge in [-0.05, 0) is 32.0 Å². The number of aryl methyl sites for hydroxylation is 1. The maximum Gasteiger partial charge on any atom is 0.253 e. The summed E-state index contributed by atoms with van der Waals surface area (Å²) in [5, 5.41) is 13.6. The predicted molar refractivity (Wildman–Crippen MR) is 93.5 cm³/mol. The van der Waals surface area contributed by atoms with Crippen LogP contribution in [0.15, 0.2) is 18.2 Å². The van der Waals surface area contributed by atoms with E-state index in [-0.39, 0.29) is 11.7 Å². The van der Waals surface area contributed by atoms with E-state index in [1.54, 1.807) is 18.2 Å². The largest absolute Gasteiger partial charge is 0.508 e. The number of carbonyl (C=O) groups excluding carboxylic acids is 1. The smallest absolute Gasteiger partial charge is 0.253 e. The molecule has 2 heterocycles. The number of phenols is 1. The first-order valence-corrected chi connectivity index (χ1v) is 8.44. The van der Waals surface area contributed by atoms with E-state index in [0.717, 1.165) is 55.9 Å². The molecule has 0 saturated carbocycles. The van der Waals surface area contributed by atoms with Gasteiger partial charge in [-0.3, -0.25) is 9.69 Å². The highest BCUT2D eigenvalue weighted by Gasteiger charge is 2.18. The van der Waals surface area contributed by atoms with Crippen LogP contribution in [0.4, 0.5) is 0 Å².